The lowest BCUT2D eigenvalue weighted by molar-refractivity contribution is -0.144. The summed E-state index contributed by atoms with van der Waals surface area (Å²) in [4.78, 5) is 12.7. The molecule has 0 aromatic heterocycles. The molecule has 3 aromatic carbocycles. The molecule has 0 aliphatic heterocycles. The van der Waals surface area contributed by atoms with Crippen LogP contribution in [0.1, 0.15) is 48.3 Å². The van der Waals surface area contributed by atoms with Crippen LogP contribution in [-0.2, 0) is 21.4 Å². The number of carbonyl (C=O) groups is 1. The van der Waals surface area contributed by atoms with Gasteiger partial charge in [-0.25, -0.2) is 0 Å². The van der Waals surface area contributed by atoms with E-state index in [-0.39, 0.29) is 5.97 Å². The number of carbonyl (C=O) groups excluding carboxylic acids is 1. The van der Waals surface area contributed by atoms with Gasteiger partial charge in [-0.3, -0.25) is 4.79 Å². The second-order valence-corrected chi connectivity index (χ2v) is 9.13. The van der Waals surface area contributed by atoms with Crippen molar-refractivity contribution in [2.45, 2.75) is 43.4 Å². The third-order valence-electron chi connectivity index (χ3n) is 7.90. The van der Waals surface area contributed by atoms with Gasteiger partial charge in [0, 0.05) is 11.8 Å². The predicted molar refractivity (Wildman–Crippen MR) is 115 cm³/mol. The van der Waals surface area contributed by atoms with Crippen molar-refractivity contribution in [2.75, 3.05) is 6.61 Å². The second kappa shape index (κ2) is 6.45. The Hall–Kier alpha value is -2.61. The van der Waals surface area contributed by atoms with Crippen molar-refractivity contribution in [1.29, 1.82) is 0 Å². The van der Waals surface area contributed by atoms with E-state index in [1.807, 2.05) is 0 Å². The van der Waals surface area contributed by atoms with Crippen LogP contribution in [0.5, 0.6) is 0 Å². The first-order valence-corrected chi connectivity index (χ1v) is 11.0. The first-order chi connectivity index (χ1) is 14.3. The molecule has 0 bridgehead atoms. The van der Waals surface area contributed by atoms with Crippen molar-refractivity contribution in [3.8, 4) is 0 Å². The highest BCUT2D eigenvalue weighted by Crippen LogP contribution is 2.77. The Morgan fingerprint density at radius 1 is 0.931 bits per heavy atom. The summed E-state index contributed by atoms with van der Waals surface area (Å²) in [6.45, 7) is 0.456. The maximum absolute atomic E-state index is 12.7. The van der Waals surface area contributed by atoms with Gasteiger partial charge in [0.15, 0.2) is 0 Å². The van der Waals surface area contributed by atoms with Crippen LogP contribution in [0.3, 0.4) is 0 Å². The molecular weight excluding hydrogens is 356 g/mol. The van der Waals surface area contributed by atoms with Crippen molar-refractivity contribution >= 4 is 16.7 Å². The zero-order valence-electron chi connectivity index (χ0n) is 16.6. The minimum absolute atomic E-state index is 0.0462. The summed E-state index contributed by atoms with van der Waals surface area (Å²) in [6, 6.07) is 23.6. The van der Waals surface area contributed by atoms with Crippen molar-refractivity contribution < 1.29 is 9.53 Å². The molecule has 2 nitrogen and oxygen atoms in total. The molecule has 3 aliphatic carbocycles. The van der Waals surface area contributed by atoms with Gasteiger partial charge in [-0.1, -0.05) is 66.7 Å². The van der Waals surface area contributed by atoms with Crippen molar-refractivity contribution in [3.05, 3.63) is 83.4 Å². The SMILES string of the molecule is O=C(CC1CC2(c3ccccc31)C1CCC12)OCCc1cccc2ccccc12. The fraction of sp³-hybridized carbons (Fsp3) is 0.370. The van der Waals surface area contributed by atoms with Gasteiger partial charge in [0.1, 0.15) is 0 Å². The second-order valence-electron chi connectivity index (χ2n) is 9.13. The monoisotopic (exact) mass is 382 g/mol. The Labute approximate surface area is 171 Å². The molecule has 0 radical (unpaired) electrons. The Kier molecular flexibility index (Phi) is 3.84. The average Bonchev–Trinajstić information content (AvgIpc) is 3.02. The van der Waals surface area contributed by atoms with Crippen LogP contribution in [-0.4, -0.2) is 12.6 Å². The number of rotatable bonds is 5. The minimum Gasteiger partial charge on any atom is -0.465 e. The third kappa shape index (κ3) is 2.58. The lowest BCUT2D eigenvalue weighted by Crippen LogP contribution is -2.12. The summed E-state index contributed by atoms with van der Waals surface area (Å²) < 4.78 is 5.69. The highest BCUT2D eigenvalue weighted by molar-refractivity contribution is 5.85. The molecule has 0 N–H and O–H groups in total. The van der Waals surface area contributed by atoms with Gasteiger partial charge in [0.2, 0.25) is 0 Å². The summed E-state index contributed by atoms with van der Waals surface area (Å²) in [7, 11) is 0. The molecule has 29 heavy (non-hydrogen) atoms. The van der Waals surface area contributed by atoms with Crippen LogP contribution in [0, 0.1) is 11.8 Å². The molecule has 146 valence electrons. The van der Waals surface area contributed by atoms with Crippen LogP contribution >= 0.6 is 0 Å². The Balaban J connectivity index is 1.11. The first-order valence-electron chi connectivity index (χ1n) is 11.0. The zero-order valence-corrected chi connectivity index (χ0v) is 16.6. The van der Waals surface area contributed by atoms with Crippen molar-refractivity contribution in [1.82, 2.24) is 0 Å². The fourth-order valence-corrected chi connectivity index (χ4v) is 6.45. The Morgan fingerprint density at radius 2 is 1.69 bits per heavy atom. The average molecular weight is 383 g/mol. The summed E-state index contributed by atoms with van der Waals surface area (Å²) in [5, 5.41) is 2.49. The van der Waals surface area contributed by atoms with E-state index in [2.05, 4.69) is 66.7 Å². The number of ether oxygens (including phenoxy) is 1. The molecule has 0 saturated heterocycles. The van der Waals surface area contributed by atoms with Gasteiger partial charge >= 0.3 is 5.97 Å². The molecule has 1 spiro atoms. The minimum atomic E-state index is -0.0462. The molecule has 3 aromatic rings. The van der Waals surface area contributed by atoms with Crippen LogP contribution < -0.4 is 0 Å². The number of fused-ring (bicyclic) bond motifs is 6. The predicted octanol–water partition coefficient (Wildman–Crippen LogP) is 5.78. The van der Waals surface area contributed by atoms with Gasteiger partial charge in [0.05, 0.1) is 13.0 Å². The van der Waals surface area contributed by atoms with Gasteiger partial charge < -0.3 is 4.74 Å². The highest BCUT2D eigenvalue weighted by Gasteiger charge is 2.72. The standard InChI is InChI=1S/C27H26O2/c28-26(29-15-14-19-8-5-7-18-6-1-2-9-21(18)19)16-20-17-27(24-12-13-25(24)27)23-11-4-3-10-22(20)23/h1-11,20,24-25H,12-17H2. The van der Waals surface area contributed by atoms with Crippen LogP contribution in [0.15, 0.2) is 66.7 Å². The van der Waals surface area contributed by atoms with E-state index in [0.717, 1.165) is 24.7 Å². The number of hydrogen-bond donors (Lipinski definition) is 0. The molecule has 2 fully saturated rings. The lowest BCUT2D eigenvalue weighted by Gasteiger charge is -2.12. The van der Waals surface area contributed by atoms with E-state index < -0.39 is 0 Å². The molecule has 6 rings (SSSR count). The van der Waals surface area contributed by atoms with E-state index in [1.54, 1.807) is 5.56 Å². The smallest absolute Gasteiger partial charge is 0.306 e. The lowest BCUT2D eigenvalue weighted by atomic mass is 9.94. The molecule has 0 amide bonds. The molecule has 0 heterocycles. The summed E-state index contributed by atoms with van der Waals surface area (Å²) in [5.41, 5.74) is 4.61. The summed E-state index contributed by atoms with van der Waals surface area (Å²) in [5.74, 6) is 2.06. The molecule has 3 unspecified atom stereocenters. The number of hydrogen-bond acceptors (Lipinski definition) is 2. The zero-order chi connectivity index (χ0) is 19.4. The summed E-state index contributed by atoms with van der Waals surface area (Å²) >= 11 is 0. The van der Waals surface area contributed by atoms with E-state index in [1.165, 1.54) is 34.7 Å². The number of benzene rings is 3. The molecule has 2 heteroatoms. The quantitative estimate of drug-likeness (QED) is 0.523. The maximum atomic E-state index is 12.7. The van der Waals surface area contributed by atoms with E-state index in [4.69, 9.17) is 4.74 Å². The summed E-state index contributed by atoms with van der Waals surface area (Å²) in [6.07, 6.45) is 5.19. The van der Waals surface area contributed by atoms with Crippen LogP contribution in [0.2, 0.25) is 0 Å². The normalized spacial score (nSPS) is 28.6. The molecule has 3 atom stereocenters. The van der Waals surface area contributed by atoms with Crippen molar-refractivity contribution in [2.24, 2.45) is 11.8 Å². The highest BCUT2D eigenvalue weighted by atomic mass is 16.5. The first kappa shape index (κ1) is 17.3. The van der Waals surface area contributed by atoms with E-state index in [0.29, 0.717) is 24.4 Å². The van der Waals surface area contributed by atoms with Gasteiger partial charge in [-0.05, 0) is 64.5 Å². The maximum Gasteiger partial charge on any atom is 0.306 e. The number of esters is 1. The van der Waals surface area contributed by atoms with Crippen molar-refractivity contribution in [3.63, 3.8) is 0 Å². The molecule has 3 aliphatic rings. The largest absolute Gasteiger partial charge is 0.465 e. The Morgan fingerprint density at radius 3 is 2.55 bits per heavy atom. The Bertz CT molecular complexity index is 1080. The van der Waals surface area contributed by atoms with Gasteiger partial charge in [-0.15, -0.1) is 0 Å². The van der Waals surface area contributed by atoms with Gasteiger partial charge in [0.25, 0.3) is 0 Å². The van der Waals surface area contributed by atoms with E-state index >= 15 is 0 Å². The van der Waals surface area contributed by atoms with E-state index in [9.17, 15) is 4.79 Å². The van der Waals surface area contributed by atoms with Crippen LogP contribution in [0.25, 0.3) is 10.8 Å². The van der Waals surface area contributed by atoms with Crippen LogP contribution in [0.4, 0.5) is 0 Å². The fourth-order valence-electron chi connectivity index (χ4n) is 6.45. The third-order valence-corrected chi connectivity index (χ3v) is 7.90. The molecular formula is C27H26O2. The molecule has 2 saturated carbocycles. The van der Waals surface area contributed by atoms with Gasteiger partial charge in [-0.2, -0.15) is 0 Å². The topological polar surface area (TPSA) is 26.3 Å².